The van der Waals surface area contributed by atoms with Crippen molar-refractivity contribution in [2.45, 2.75) is 16.8 Å². The number of pyridine rings is 1. The minimum atomic E-state index is 0.597. The van der Waals surface area contributed by atoms with Gasteiger partial charge in [0.15, 0.2) is 0 Å². The molecule has 0 aliphatic rings. The van der Waals surface area contributed by atoms with E-state index >= 15 is 0 Å². The van der Waals surface area contributed by atoms with E-state index in [4.69, 9.17) is 5.26 Å². The summed E-state index contributed by atoms with van der Waals surface area (Å²) in [4.78, 5) is 5.34. The quantitative estimate of drug-likeness (QED) is 0.793. The van der Waals surface area contributed by atoms with Gasteiger partial charge in [0.1, 0.15) is 11.1 Å². The van der Waals surface area contributed by atoms with Crippen LogP contribution in [-0.4, -0.2) is 14.8 Å². The minimum Gasteiger partial charge on any atom is -0.275 e. The van der Waals surface area contributed by atoms with Crippen LogP contribution in [0.4, 0.5) is 0 Å². The van der Waals surface area contributed by atoms with Crippen molar-refractivity contribution in [2.24, 2.45) is 7.05 Å². The van der Waals surface area contributed by atoms with Crippen LogP contribution in [0.1, 0.15) is 11.3 Å². The zero-order chi connectivity index (χ0) is 11.5. The first kappa shape index (κ1) is 10.7. The van der Waals surface area contributed by atoms with Gasteiger partial charge in [-0.1, -0.05) is 11.8 Å². The van der Waals surface area contributed by atoms with Gasteiger partial charge in [-0.05, 0) is 19.1 Å². The first-order valence-corrected chi connectivity index (χ1v) is 5.55. The van der Waals surface area contributed by atoms with Gasteiger partial charge in [-0.2, -0.15) is 10.4 Å². The second-order valence-corrected chi connectivity index (χ2v) is 4.43. The van der Waals surface area contributed by atoms with E-state index < -0.39 is 0 Å². The highest BCUT2D eigenvalue weighted by Crippen LogP contribution is 2.28. The summed E-state index contributed by atoms with van der Waals surface area (Å²) in [6.07, 6.45) is 3.66. The van der Waals surface area contributed by atoms with Gasteiger partial charge in [0.25, 0.3) is 0 Å². The van der Waals surface area contributed by atoms with Crippen molar-refractivity contribution >= 4 is 11.8 Å². The predicted octanol–water partition coefficient (Wildman–Crippen LogP) is 2.15. The van der Waals surface area contributed by atoms with Crippen LogP contribution >= 0.6 is 11.8 Å². The van der Waals surface area contributed by atoms with Crippen LogP contribution in [0.15, 0.2) is 34.4 Å². The highest BCUT2D eigenvalue weighted by molar-refractivity contribution is 7.99. The van der Waals surface area contributed by atoms with Crippen LogP contribution in [0.2, 0.25) is 0 Å². The van der Waals surface area contributed by atoms with Crippen LogP contribution in [0.25, 0.3) is 0 Å². The van der Waals surface area contributed by atoms with Crippen molar-refractivity contribution in [1.82, 2.24) is 14.8 Å². The molecule has 80 valence electrons. The maximum absolute atomic E-state index is 8.97. The average Bonchev–Trinajstić information content (AvgIpc) is 2.64. The summed E-state index contributed by atoms with van der Waals surface area (Å²) >= 11 is 1.46. The van der Waals surface area contributed by atoms with Crippen LogP contribution in [0.3, 0.4) is 0 Å². The molecule has 0 atom stereocenters. The molecule has 0 bridgehead atoms. The van der Waals surface area contributed by atoms with E-state index in [1.165, 1.54) is 11.8 Å². The number of hydrogen-bond acceptors (Lipinski definition) is 4. The molecule has 0 amide bonds. The van der Waals surface area contributed by atoms with Crippen LogP contribution in [0.5, 0.6) is 0 Å². The summed E-state index contributed by atoms with van der Waals surface area (Å²) in [5, 5.41) is 13.8. The lowest BCUT2D eigenvalue weighted by atomic mass is 10.3. The molecule has 2 heterocycles. The molecule has 0 saturated heterocycles. The lowest BCUT2D eigenvalue weighted by molar-refractivity contribution is 0.766. The third-order valence-electron chi connectivity index (χ3n) is 2.02. The van der Waals surface area contributed by atoms with Crippen molar-refractivity contribution in [3.05, 3.63) is 35.8 Å². The van der Waals surface area contributed by atoms with Gasteiger partial charge in [-0.25, -0.2) is 4.98 Å². The van der Waals surface area contributed by atoms with Crippen LogP contribution < -0.4 is 0 Å². The van der Waals surface area contributed by atoms with Gasteiger partial charge in [-0.3, -0.25) is 4.68 Å². The summed E-state index contributed by atoms with van der Waals surface area (Å²) in [6, 6.07) is 5.77. The third kappa shape index (κ3) is 2.23. The van der Waals surface area contributed by atoms with Gasteiger partial charge < -0.3 is 0 Å². The molecule has 0 spiro atoms. The Morgan fingerprint density at radius 2 is 2.25 bits per heavy atom. The molecule has 0 fully saturated rings. The fourth-order valence-corrected chi connectivity index (χ4v) is 2.20. The molecule has 0 aromatic carbocycles. The maximum atomic E-state index is 8.97. The number of aryl methyl sites for hydroxylation is 2. The number of rotatable bonds is 2. The highest BCUT2D eigenvalue weighted by Gasteiger charge is 2.07. The van der Waals surface area contributed by atoms with Gasteiger partial charge in [0, 0.05) is 18.9 Å². The Balaban J connectivity index is 2.34. The molecule has 0 saturated carbocycles. The summed E-state index contributed by atoms with van der Waals surface area (Å²) in [5.74, 6) is 0. The molecule has 0 unspecified atom stereocenters. The smallest absolute Gasteiger partial charge is 0.119 e. The number of hydrogen-bond donors (Lipinski definition) is 0. The minimum absolute atomic E-state index is 0.597. The highest BCUT2D eigenvalue weighted by atomic mass is 32.2. The molecule has 2 aromatic rings. The summed E-state index contributed by atoms with van der Waals surface area (Å²) in [6.45, 7) is 1.91. The SMILES string of the molecule is Cc1ccc(C#N)c(Sc2cnn(C)c2)n1. The molecule has 0 aliphatic carbocycles. The molecular weight excluding hydrogens is 220 g/mol. The van der Waals surface area contributed by atoms with Gasteiger partial charge in [0.2, 0.25) is 0 Å². The molecular formula is C11H10N4S. The maximum Gasteiger partial charge on any atom is 0.119 e. The lowest BCUT2D eigenvalue weighted by Crippen LogP contribution is -1.89. The van der Waals surface area contributed by atoms with E-state index in [9.17, 15) is 0 Å². The Morgan fingerprint density at radius 1 is 1.44 bits per heavy atom. The molecule has 4 nitrogen and oxygen atoms in total. The Hall–Kier alpha value is -1.80. The number of aromatic nitrogens is 3. The summed E-state index contributed by atoms with van der Waals surface area (Å²) in [5.41, 5.74) is 1.50. The van der Waals surface area contributed by atoms with E-state index in [2.05, 4.69) is 16.2 Å². The zero-order valence-corrected chi connectivity index (χ0v) is 9.82. The molecule has 0 N–H and O–H groups in total. The molecule has 2 aromatic heterocycles. The molecule has 0 radical (unpaired) electrons. The summed E-state index contributed by atoms with van der Waals surface area (Å²) < 4.78 is 1.73. The van der Waals surface area contributed by atoms with Gasteiger partial charge in [0.05, 0.1) is 16.7 Å². The first-order chi connectivity index (χ1) is 7.69. The topological polar surface area (TPSA) is 54.5 Å². The van der Waals surface area contributed by atoms with E-state index in [0.29, 0.717) is 5.56 Å². The van der Waals surface area contributed by atoms with Crippen molar-refractivity contribution in [3.8, 4) is 6.07 Å². The Morgan fingerprint density at radius 3 is 2.88 bits per heavy atom. The molecule has 2 rings (SSSR count). The Labute approximate surface area is 97.9 Å². The average molecular weight is 230 g/mol. The standard InChI is InChI=1S/C11H10N4S/c1-8-3-4-9(5-12)11(14-8)16-10-6-13-15(2)7-10/h3-4,6-7H,1-2H3. The molecule has 0 aliphatic heterocycles. The van der Waals surface area contributed by atoms with Crippen LogP contribution in [0, 0.1) is 18.3 Å². The Bertz CT molecular complexity index is 553. The zero-order valence-electron chi connectivity index (χ0n) is 9.01. The van der Waals surface area contributed by atoms with Crippen LogP contribution in [-0.2, 0) is 7.05 Å². The van der Waals surface area contributed by atoms with Crippen molar-refractivity contribution < 1.29 is 0 Å². The van der Waals surface area contributed by atoms with Gasteiger partial charge >= 0.3 is 0 Å². The van der Waals surface area contributed by atoms with E-state index in [1.54, 1.807) is 16.9 Å². The largest absolute Gasteiger partial charge is 0.275 e. The second-order valence-electron chi connectivity index (χ2n) is 3.37. The van der Waals surface area contributed by atoms with Crippen molar-refractivity contribution in [2.75, 3.05) is 0 Å². The number of nitrogens with zero attached hydrogens (tertiary/aromatic N) is 4. The van der Waals surface area contributed by atoms with E-state index in [1.807, 2.05) is 26.2 Å². The molecule has 5 heteroatoms. The van der Waals surface area contributed by atoms with E-state index in [-0.39, 0.29) is 0 Å². The van der Waals surface area contributed by atoms with E-state index in [0.717, 1.165) is 15.6 Å². The molecule has 16 heavy (non-hydrogen) atoms. The Kier molecular flexibility index (Phi) is 2.93. The summed E-state index contributed by atoms with van der Waals surface area (Å²) in [7, 11) is 1.86. The first-order valence-electron chi connectivity index (χ1n) is 4.73. The third-order valence-corrected chi connectivity index (χ3v) is 2.97. The van der Waals surface area contributed by atoms with Crippen molar-refractivity contribution in [3.63, 3.8) is 0 Å². The van der Waals surface area contributed by atoms with Crippen molar-refractivity contribution in [1.29, 1.82) is 5.26 Å². The van der Waals surface area contributed by atoms with Gasteiger partial charge in [-0.15, -0.1) is 0 Å². The predicted molar refractivity (Wildman–Crippen MR) is 61.0 cm³/mol. The normalized spacial score (nSPS) is 10.1. The fourth-order valence-electron chi connectivity index (χ4n) is 1.26. The monoisotopic (exact) mass is 230 g/mol. The second kappa shape index (κ2) is 4.37. The fraction of sp³-hybridized carbons (Fsp3) is 0.182. The number of nitriles is 1. The lowest BCUT2D eigenvalue weighted by Gasteiger charge is -2.01.